The first-order chi connectivity index (χ1) is 10.3. The second-order valence-corrected chi connectivity index (χ2v) is 6.88. The van der Waals surface area contributed by atoms with Gasteiger partial charge >= 0.3 is 0 Å². The summed E-state index contributed by atoms with van der Waals surface area (Å²) in [6.07, 6.45) is 0. The van der Waals surface area contributed by atoms with Crippen molar-refractivity contribution in [2.75, 3.05) is 12.4 Å². The van der Waals surface area contributed by atoms with Gasteiger partial charge < -0.3 is 5.32 Å². The van der Waals surface area contributed by atoms with E-state index in [1.54, 1.807) is 12.1 Å². The van der Waals surface area contributed by atoms with Crippen LogP contribution >= 0.6 is 0 Å². The molecule has 6 heteroatoms. The molecule has 0 fully saturated rings. The predicted molar refractivity (Wildman–Crippen MR) is 86.6 cm³/mol. The smallest absolute Gasteiger partial charge is 0.255 e. The number of hydrogen-bond donors (Lipinski definition) is 2. The summed E-state index contributed by atoms with van der Waals surface area (Å²) in [7, 11) is -2.24. The fraction of sp³-hybridized carbons (Fsp3) is 0.188. The van der Waals surface area contributed by atoms with E-state index in [2.05, 4.69) is 10.0 Å². The normalized spacial score (nSPS) is 11.2. The van der Waals surface area contributed by atoms with Gasteiger partial charge in [0.25, 0.3) is 5.91 Å². The maximum atomic E-state index is 12.3. The Morgan fingerprint density at radius 3 is 2.36 bits per heavy atom. The number of anilines is 1. The zero-order chi connectivity index (χ0) is 16.3. The molecule has 2 aromatic carbocycles. The summed E-state index contributed by atoms with van der Waals surface area (Å²) in [5, 5.41) is 2.77. The van der Waals surface area contributed by atoms with Crippen molar-refractivity contribution in [3.05, 3.63) is 59.2 Å². The van der Waals surface area contributed by atoms with Crippen LogP contribution in [0.15, 0.2) is 47.4 Å². The maximum Gasteiger partial charge on any atom is 0.255 e. The second-order valence-electron chi connectivity index (χ2n) is 4.99. The highest BCUT2D eigenvalue weighted by atomic mass is 32.2. The summed E-state index contributed by atoms with van der Waals surface area (Å²) in [5.41, 5.74) is 3.17. The fourth-order valence-electron chi connectivity index (χ4n) is 1.94. The van der Waals surface area contributed by atoms with E-state index in [0.29, 0.717) is 5.69 Å². The molecule has 2 aromatic rings. The van der Waals surface area contributed by atoms with Crippen LogP contribution in [0, 0.1) is 13.8 Å². The third-order valence-corrected chi connectivity index (χ3v) is 4.85. The Bertz CT molecular complexity index is 814. The van der Waals surface area contributed by atoms with E-state index in [1.807, 2.05) is 32.0 Å². The van der Waals surface area contributed by atoms with Gasteiger partial charge in [-0.25, -0.2) is 13.1 Å². The Morgan fingerprint density at radius 1 is 1.00 bits per heavy atom. The zero-order valence-electron chi connectivity index (χ0n) is 12.7. The van der Waals surface area contributed by atoms with Crippen molar-refractivity contribution in [2.45, 2.75) is 18.7 Å². The number of rotatable bonds is 4. The molecular weight excluding hydrogens is 300 g/mol. The van der Waals surface area contributed by atoms with Crippen molar-refractivity contribution in [3.63, 3.8) is 0 Å². The Labute approximate surface area is 130 Å². The third kappa shape index (κ3) is 3.52. The molecule has 0 heterocycles. The molecule has 0 saturated heterocycles. The van der Waals surface area contributed by atoms with Gasteiger partial charge in [-0.2, -0.15) is 0 Å². The molecule has 0 aliphatic heterocycles. The van der Waals surface area contributed by atoms with Crippen molar-refractivity contribution in [2.24, 2.45) is 0 Å². The van der Waals surface area contributed by atoms with Crippen molar-refractivity contribution >= 4 is 21.6 Å². The van der Waals surface area contributed by atoms with Crippen molar-refractivity contribution < 1.29 is 13.2 Å². The van der Waals surface area contributed by atoms with E-state index in [0.717, 1.165) is 11.1 Å². The van der Waals surface area contributed by atoms with Crippen LogP contribution in [-0.4, -0.2) is 21.4 Å². The number of benzene rings is 2. The van der Waals surface area contributed by atoms with Gasteiger partial charge in [0.2, 0.25) is 10.0 Å². The van der Waals surface area contributed by atoms with E-state index < -0.39 is 10.0 Å². The molecule has 2 rings (SSSR count). The first-order valence-corrected chi connectivity index (χ1v) is 8.24. The van der Waals surface area contributed by atoms with E-state index in [-0.39, 0.29) is 16.4 Å². The molecule has 5 nitrogen and oxygen atoms in total. The first-order valence-electron chi connectivity index (χ1n) is 6.76. The Hall–Kier alpha value is -2.18. The summed E-state index contributed by atoms with van der Waals surface area (Å²) in [5.74, 6) is -0.351. The lowest BCUT2D eigenvalue weighted by molar-refractivity contribution is 0.102. The van der Waals surface area contributed by atoms with Gasteiger partial charge in [0.1, 0.15) is 0 Å². The highest BCUT2D eigenvalue weighted by Gasteiger charge is 2.14. The lowest BCUT2D eigenvalue weighted by Gasteiger charge is -2.09. The molecule has 0 aromatic heterocycles. The molecule has 0 spiro atoms. The van der Waals surface area contributed by atoms with Crippen LogP contribution < -0.4 is 10.0 Å². The van der Waals surface area contributed by atoms with Gasteiger partial charge in [-0.15, -0.1) is 0 Å². The molecule has 0 unspecified atom stereocenters. The van der Waals surface area contributed by atoms with Crippen LogP contribution in [0.4, 0.5) is 5.69 Å². The van der Waals surface area contributed by atoms with Crippen LogP contribution in [0.5, 0.6) is 0 Å². The molecule has 0 atom stereocenters. The average Bonchev–Trinajstić information content (AvgIpc) is 2.51. The molecule has 0 saturated carbocycles. The maximum absolute atomic E-state index is 12.3. The average molecular weight is 318 g/mol. The summed E-state index contributed by atoms with van der Waals surface area (Å²) in [4.78, 5) is 12.3. The molecule has 0 aliphatic rings. The van der Waals surface area contributed by atoms with Gasteiger partial charge in [-0.05, 0) is 62.4 Å². The highest BCUT2D eigenvalue weighted by molar-refractivity contribution is 7.89. The van der Waals surface area contributed by atoms with Crippen molar-refractivity contribution in [3.8, 4) is 0 Å². The second kappa shape index (κ2) is 6.29. The minimum atomic E-state index is -3.57. The number of hydrogen-bond acceptors (Lipinski definition) is 3. The van der Waals surface area contributed by atoms with E-state index in [9.17, 15) is 13.2 Å². The SMILES string of the molecule is CNS(=O)(=O)c1cccc(C(=O)Nc2ccc(C)c(C)c2)c1. The third-order valence-electron chi connectivity index (χ3n) is 3.44. The lowest BCUT2D eigenvalue weighted by atomic mass is 10.1. The summed E-state index contributed by atoms with van der Waals surface area (Å²) in [6, 6.07) is 11.5. The van der Waals surface area contributed by atoms with Crippen LogP contribution in [0.1, 0.15) is 21.5 Å². The number of sulfonamides is 1. The molecule has 22 heavy (non-hydrogen) atoms. The van der Waals surface area contributed by atoms with Crippen molar-refractivity contribution in [1.82, 2.24) is 4.72 Å². The summed E-state index contributed by atoms with van der Waals surface area (Å²) in [6.45, 7) is 3.96. The Balaban J connectivity index is 2.26. The van der Waals surface area contributed by atoms with Gasteiger partial charge in [-0.3, -0.25) is 4.79 Å². The van der Waals surface area contributed by atoms with Crippen LogP contribution in [-0.2, 0) is 10.0 Å². The van der Waals surface area contributed by atoms with E-state index in [4.69, 9.17) is 0 Å². The van der Waals surface area contributed by atoms with Gasteiger partial charge in [-0.1, -0.05) is 12.1 Å². The monoisotopic (exact) mass is 318 g/mol. The molecule has 116 valence electrons. The number of nitrogens with one attached hydrogen (secondary N) is 2. The molecule has 1 amide bonds. The molecule has 2 N–H and O–H groups in total. The van der Waals surface area contributed by atoms with Crippen LogP contribution in [0.3, 0.4) is 0 Å². The number of amides is 1. The Kier molecular flexibility index (Phi) is 4.63. The number of carbonyl (C=O) groups excluding carboxylic acids is 1. The molecule has 0 radical (unpaired) electrons. The molecule has 0 bridgehead atoms. The van der Waals surface area contributed by atoms with Crippen LogP contribution in [0.25, 0.3) is 0 Å². The van der Waals surface area contributed by atoms with Crippen LogP contribution in [0.2, 0.25) is 0 Å². The minimum Gasteiger partial charge on any atom is -0.322 e. The van der Waals surface area contributed by atoms with Crippen molar-refractivity contribution in [1.29, 1.82) is 0 Å². The largest absolute Gasteiger partial charge is 0.322 e. The molecule has 0 aliphatic carbocycles. The molecular formula is C16H18N2O3S. The zero-order valence-corrected chi connectivity index (χ0v) is 13.5. The number of carbonyl (C=O) groups is 1. The first kappa shape index (κ1) is 16.2. The highest BCUT2D eigenvalue weighted by Crippen LogP contribution is 2.16. The predicted octanol–water partition coefficient (Wildman–Crippen LogP) is 2.46. The Morgan fingerprint density at radius 2 is 1.73 bits per heavy atom. The minimum absolute atomic E-state index is 0.0581. The lowest BCUT2D eigenvalue weighted by Crippen LogP contribution is -2.19. The topological polar surface area (TPSA) is 75.3 Å². The van der Waals surface area contributed by atoms with E-state index >= 15 is 0 Å². The quantitative estimate of drug-likeness (QED) is 0.909. The fourth-order valence-corrected chi connectivity index (χ4v) is 2.72. The summed E-state index contributed by atoms with van der Waals surface area (Å²) >= 11 is 0. The van der Waals surface area contributed by atoms with Gasteiger partial charge in [0, 0.05) is 11.3 Å². The van der Waals surface area contributed by atoms with Gasteiger partial charge in [0.05, 0.1) is 4.90 Å². The summed E-state index contributed by atoms with van der Waals surface area (Å²) < 4.78 is 25.8. The standard InChI is InChI=1S/C16H18N2O3S/c1-11-7-8-14(9-12(11)2)18-16(19)13-5-4-6-15(10-13)22(20,21)17-3/h4-10,17H,1-3H3,(H,18,19). The van der Waals surface area contributed by atoms with E-state index in [1.165, 1.54) is 19.2 Å². The number of aryl methyl sites for hydroxylation is 2. The van der Waals surface area contributed by atoms with Gasteiger partial charge in [0.15, 0.2) is 0 Å².